The Morgan fingerprint density at radius 1 is 0.960 bits per heavy atom. The van der Waals surface area contributed by atoms with Crippen LogP contribution in [0.4, 0.5) is 0 Å². The van der Waals surface area contributed by atoms with Gasteiger partial charge in [0, 0.05) is 11.5 Å². The summed E-state index contributed by atoms with van der Waals surface area (Å²) in [4.78, 5) is 37.0. The molecule has 0 saturated carbocycles. The second-order valence-electron chi connectivity index (χ2n) is 6.93. The smallest absolute Gasteiger partial charge is 0.320 e. The van der Waals surface area contributed by atoms with Crippen LogP contribution in [0, 0.1) is 17.3 Å². The molecule has 5 heteroatoms. The number of ether oxygens (including phenoxy) is 2. The van der Waals surface area contributed by atoms with Crippen LogP contribution < -0.4 is 0 Å². The molecule has 0 radical (unpaired) electrons. The van der Waals surface area contributed by atoms with Crippen molar-refractivity contribution < 1.29 is 23.9 Å². The predicted molar refractivity (Wildman–Crippen MR) is 95.6 cm³/mol. The second kappa shape index (κ2) is 8.60. The van der Waals surface area contributed by atoms with Gasteiger partial charge in [-0.15, -0.1) is 0 Å². The Labute approximate surface area is 149 Å². The molecule has 0 aliphatic carbocycles. The molecule has 5 nitrogen and oxygen atoms in total. The first kappa shape index (κ1) is 20.6. The summed E-state index contributed by atoms with van der Waals surface area (Å²) in [5.41, 5.74) is 0.647. The highest BCUT2D eigenvalue weighted by Gasteiger charge is 2.45. The molecule has 0 bridgehead atoms. The minimum Gasteiger partial charge on any atom is -0.468 e. The normalized spacial score (nSPS) is 13.3. The third kappa shape index (κ3) is 5.28. The average Bonchev–Trinajstić information content (AvgIpc) is 2.56. The van der Waals surface area contributed by atoms with Gasteiger partial charge in [0.1, 0.15) is 0 Å². The van der Waals surface area contributed by atoms with Gasteiger partial charge in [-0.1, -0.05) is 51.1 Å². The van der Waals surface area contributed by atoms with Gasteiger partial charge in [0.2, 0.25) is 0 Å². The largest absolute Gasteiger partial charge is 0.468 e. The second-order valence-corrected chi connectivity index (χ2v) is 6.93. The number of hydrogen-bond acceptors (Lipinski definition) is 5. The van der Waals surface area contributed by atoms with Crippen molar-refractivity contribution in [3.05, 3.63) is 41.5 Å². The highest BCUT2D eigenvalue weighted by molar-refractivity contribution is 6.02. The van der Waals surface area contributed by atoms with E-state index in [4.69, 9.17) is 9.47 Å². The fourth-order valence-corrected chi connectivity index (χ4v) is 2.91. The van der Waals surface area contributed by atoms with E-state index in [0.717, 1.165) is 5.56 Å². The number of Topliss-reactive ketones (excluding diaryl/α,β-unsaturated/α-hetero) is 1. The molecule has 25 heavy (non-hydrogen) atoms. The number of methoxy groups -OCH3 is 2. The Bertz CT molecular complexity index is 636. The van der Waals surface area contributed by atoms with Crippen LogP contribution in [0.3, 0.4) is 0 Å². The van der Waals surface area contributed by atoms with Gasteiger partial charge in [-0.25, -0.2) is 0 Å². The van der Waals surface area contributed by atoms with Gasteiger partial charge in [-0.05, 0) is 24.0 Å². The maximum Gasteiger partial charge on any atom is 0.320 e. The van der Waals surface area contributed by atoms with Gasteiger partial charge in [0.15, 0.2) is 11.7 Å². The van der Waals surface area contributed by atoms with Crippen LogP contribution >= 0.6 is 0 Å². The lowest BCUT2D eigenvalue weighted by Gasteiger charge is -2.35. The molecule has 1 aromatic rings. The average molecular weight is 346 g/mol. The van der Waals surface area contributed by atoms with Crippen LogP contribution in [0.25, 0.3) is 6.08 Å². The first-order valence-corrected chi connectivity index (χ1v) is 8.06. The molecule has 0 heterocycles. The molecule has 0 amide bonds. The van der Waals surface area contributed by atoms with Crippen LogP contribution in [0.15, 0.2) is 35.9 Å². The molecule has 1 aromatic carbocycles. The van der Waals surface area contributed by atoms with Crippen LogP contribution in [0.2, 0.25) is 0 Å². The van der Waals surface area contributed by atoms with Gasteiger partial charge in [0.25, 0.3) is 0 Å². The number of esters is 2. The van der Waals surface area contributed by atoms with E-state index in [-0.39, 0.29) is 5.78 Å². The van der Waals surface area contributed by atoms with Crippen LogP contribution in [0.1, 0.15) is 33.3 Å². The first-order chi connectivity index (χ1) is 11.6. The molecular weight excluding hydrogens is 320 g/mol. The molecular formula is C20H26O5. The molecule has 1 atom stereocenters. The van der Waals surface area contributed by atoms with Gasteiger partial charge in [-0.2, -0.15) is 0 Å². The lowest BCUT2D eigenvalue weighted by atomic mass is 9.67. The van der Waals surface area contributed by atoms with E-state index in [1.54, 1.807) is 6.08 Å². The minimum atomic E-state index is -1.21. The van der Waals surface area contributed by atoms with E-state index in [1.165, 1.54) is 21.1 Å². The van der Waals surface area contributed by atoms with Gasteiger partial charge >= 0.3 is 11.9 Å². The first-order valence-electron chi connectivity index (χ1n) is 8.06. The van der Waals surface area contributed by atoms with Crippen molar-refractivity contribution in [1.29, 1.82) is 0 Å². The van der Waals surface area contributed by atoms with Crippen molar-refractivity contribution in [2.75, 3.05) is 14.2 Å². The van der Waals surface area contributed by atoms with Gasteiger partial charge in [-0.3, -0.25) is 14.4 Å². The third-order valence-electron chi connectivity index (χ3n) is 4.04. The fourth-order valence-electron chi connectivity index (χ4n) is 2.91. The quantitative estimate of drug-likeness (QED) is 0.449. The van der Waals surface area contributed by atoms with E-state index < -0.39 is 29.2 Å². The Balaban J connectivity index is 3.58. The summed E-state index contributed by atoms with van der Waals surface area (Å²) in [6, 6.07) is 9.29. The van der Waals surface area contributed by atoms with Crippen molar-refractivity contribution >= 4 is 23.8 Å². The Kier molecular flexibility index (Phi) is 7.09. The number of ketones is 1. The molecule has 1 unspecified atom stereocenters. The van der Waals surface area contributed by atoms with Crippen molar-refractivity contribution in [1.82, 2.24) is 0 Å². The highest BCUT2D eigenvalue weighted by atomic mass is 16.5. The van der Waals surface area contributed by atoms with Crippen LogP contribution in [-0.2, 0) is 23.9 Å². The molecule has 0 fully saturated rings. The number of carbonyl (C=O) groups is 3. The number of allylic oxidation sites excluding steroid dienone is 1. The van der Waals surface area contributed by atoms with Crippen LogP contribution in [0.5, 0.6) is 0 Å². The fraction of sp³-hybridized carbons (Fsp3) is 0.450. The monoisotopic (exact) mass is 346 g/mol. The van der Waals surface area contributed by atoms with E-state index in [9.17, 15) is 14.4 Å². The molecule has 0 aliphatic rings. The van der Waals surface area contributed by atoms with Crippen LogP contribution in [-0.4, -0.2) is 31.9 Å². The Hall–Kier alpha value is -2.43. The van der Waals surface area contributed by atoms with E-state index >= 15 is 0 Å². The SMILES string of the molecule is COC(=O)C(C(=O)OC)C(/C(=C/c1ccccc1)C(C)=O)C(C)(C)C. The summed E-state index contributed by atoms with van der Waals surface area (Å²) >= 11 is 0. The predicted octanol–water partition coefficient (Wildman–Crippen LogP) is 3.28. The molecule has 136 valence electrons. The third-order valence-corrected chi connectivity index (χ3v) is 4.04. The van der Waals surface area contributed by atoms with Crippen molar-refractivity contribution in [2.24, 2.45) is 17.3 Å². The number of carbonyl (C=O) groups excluding carboxylic acids is 3. The number of rotatable bonds is 6. The summed E-state index contributed by atoms with van der Waals surface area (Å²) in [5, 5.41) is 0. The maximum atomic E-state index is 12.4. The zero-order valence-electron chi connectivity index (χ0n) is 15.7. The minimum absolute atomic E-state index is 0.207. The molecule has 0 saturated heterocycles. The highest BCUT2D eigenvalue weighted by Crippen LogP contribution is 2.40. The van der Waals surface area contributed by atoms with Gasteiger partial charge in [0.05, 0.1) is 14.2 Å². The zero-order valence-corrected chi connectivity index (χ0v) is 15.7. The summed E-state index contributed by atoms with van der Waals surface area (Å²) < 4.78 is 9.63. The van der Waals surface area contributed by atoms with E-state index in [1.807, 2.05) is 51.1 Å². The summed E-state index contributed by atoms with van der Waals surface area (Å²) in [7, 11) is 2.43. The number of hydrogen-bond donors (Lipinski definition) is 0. The standard InChI is InChI=1S/C20H26O5/c1-13(21)15(12-14-10-8-7-9-11-14)17(20(2,3)4)16(18(22)24-5)19(23)25-6/h7-12,16-17H,1-6H3/b15-12+. The molecule has 1 rings (SSSR count). The Morgan fingerprint density at radius 2 is 1.44 bits per heavy atom. The maximum absolute atomic E-state index is 12.4. The topological polar surface area (TPSA) is 69.7 Å². The van der Waals surface area contributed by atoms with E-state index in [0.29, 0.717) is 5.57 Å². The molecule has 0 N–H and O–H groups in total. The van der Waals surface area contributed by atoms with Gasteiger partial charge < -0.3 is 9.47 Å². The molecule has 0 aliphatic heterocycles. The van der Waals surface area contributed by atoms with Crippen molar-refractivity contribution in [2.45, 2.75) is 27.7 Å². The summed E-state index contributed by atoms with van der Waals surface area (Å²) in [6.07, 6.45) is 1.72. The lowest BCUT2D eigenvalue weighted by molar-refractivity contribution is -0.162. The molecule has 0 aromatic heterocycles. The van der Waals surface area contributed by atoms with Crippen molar-refractivity contribution in [3.63, 3.8) is 0 Å². The number of benzene rings is 1. The lowest BCUT2D eigenvalue weighted by Crippen LogP contribution is -2.42. The Morgan fingerprint density at radius 3 is 1.80 bits per heavy atom. The summed E-state index contributed by atoms with van der Waals surface area (Å²) in [6.45, 7) is 7.05. The molecule has 0 spiro atoms. The summed E-state index contributed by atoms with van der Waals surface area (Å²) in [5.74, 6) is -3.54. The van der Waals surface area contributed by atoms with Crippen molar-refractivity contribution in [3.8, 4) is 0 Å². The van der Waals surface area contributed by atoms with E-state index in [2.05, 4.69) is 0 Å². The zero-order chi connectivity index (χ0) is 19.2.